The monoisotopic (exact) mass is 373 g/mol. The standard InChI is InChI=1S/C13H10Cl2FN5O3/c1-2-24-13(23)8(4-19-21-5-17-18-6-21)10(22)7-3-9(16)12(15)20-11(7)14/h3-6,22H,2H2,1H3. The number of ether oxygens (including phenoxy) is 1. The van der Waals surface area contributed by atoms with Crippen LogP contribution in [-0.4, -0.2) is 43.8 Å². The molecular weight excluding hydrogens is 364 g/mol. The van der Waals surface area contributed by atoms with E-state index in [0.29, 0.717) is 0 Å². The molecule has 0 amide bonds. The number of halogens is 3. The van der Waals surface area contributed by atoms with E-state index < -0.39 is 22.7 Å². The van der Waals surface area contributed by atoms with Crippen molar-refractivity contribution in [2.75, 3.05) is 6.61 Å². The van der Waals surface area contributed by atoms with E-state index >= 15 is 0 Å². The Morgan fingerprint density at radius 1 is 1.42 bits per heavy atom. The highest BCUT2D eigenvalue weighted by atomic mass is 35.5. The van der Waals surface area contributed by atoms with Crippen LogP contribution in [0.3, 0.4) is 0 Å². The molecular formula is C13H10Cl2FN5O3. The third kappa shape index (κ3) is 4.06. The minimum atomic E-state index is -0.915. The van der Waals surface area contributed by atoms with Crippen LogP contribution in [0.4, 0.5) is 4.39 Å². The van der Waals surface area contributed by atoms with E-state index in [4.69, 9.17) is 27.9 Å². The number of aliphatic hydroxyl groups is 1. The second-order valence-electron chi connectivity index (χ2n) is 4.17. The van der Waals surface area contributed by atoms with Gasteiger partial charge in [0.15, 0.2) is 11.0 Å². The van der Waals surface area contributed by atoms with Gasteiger partial charge in [-0.3, -0.25) is 0 Å². The lowest BCUT2D eigenvalue weighted by Gasteiger charge is -2.08. The summed E-state index contributed by atoms with van der Waals surface area (Å²) >= 11 is 11.4. The summed E-state index contributed by atoms with van der Waals surface area (Å²) in [6, 6.07) is 0.846. The number of carbonyl (C=O) groups excluding carboxylic acids is 1. The Balaban J connectivity index is 2.53. The van der Waals surface area contributed by atoms with Crippen LogP contribution >= 0.6 is 23.2 Å². The molecule has 0 aliphatic carbocycles. The van der Waals surface area contributed by atoms with Gasteiger partial charge in [-0.1, -0.05) is 23.2 Å². The zero-order valence-corrected chi connectivity index (χ0v) is 13.7. The van der Waals surface area contributed by atoms with Crippen LogP contribution in [0, 0.1) is 5.82 Å². The molecule has 0 aliphatic heterocycles. The molecule has 0 aliphatic rings. The van der Waals surface area contributed by atoms with Crippen LogP contribution < -0.4 is 0 Å². The van der Waals surface area contributed by atoms with Gasteiger partial charge in [-0.15, -0.1) is 10.2 Å². The fourth-order valence-electron chi connectivity index (χ4n) is 1.56. The molecule has 0 atom stereocenters. The number of aliphatic hydroxyl groups excluding tert-OH is 1. The molecule has 0 saturated heterocycles. The van der Waals surface area contributed by atoms with Gasteiger partial charge in [0.25, 0.3) is 0 Å². The molecule has 2 heterocycles. The smallest absolute Gasteiger partial charge is 0.343 e. The van der Waals surface area contributed by atoms with Crippen molar-refractivity contribution in [3.63, 3.8) is 0 Å². The second-order valence-corrected chi connectivity index (χ2v) is 4.88. The van der Waals surface area contributed by atoms with Crippen molar-refractivity contribution in [2.24, 2.45) is 5.10 Å². The Morgan fingerprint density at radius 3 is 2.71 bits per heavy atom. The molecule has 0 aromatic carbocycles. The van der Waals surface area contributed by atoms with Crippen molar-refractivity contribution in [2.45, 2.75) is 6.92 Å². The number of hydrogen-bond donors (Lipinski definition) is 1. The van der Waals surface area contributed by atoms with Gasteiger partial charge in [0.1, 0.15) is 29.1 Å². The molecule has 8 nitrogen and oxygen atoms in total. The maximum absolute atomic E-state index is 13.6. The molecule has 0 radical (unpaired) electrons. The van der Waals surface area contributed by atoms with Crippen molar-refractivity contribution in [3.05, 3.63) is 46.0 Å². The molecule has 126 valence electrons. The zero-order chi connectivity index (χ0) is 17.7. The number of hydrogen-bond acceptors (Lipinski definition) is 7. The van der Waals surface area contributed by atoms with Crippen molar-refractivity contribution in [1.29, 1.82) is 0 Å². The topological polar surface area (TPSA) is 102 Å². The minimum Gasteiger partial charge on any atom is -0.506 e. The summed E-state index contributed by atoms with van der Waals surface area (Å²) < 4.78 is 19.6. The average Bonchev–Trinajstić information content (AvgIpc) is 3.04. The molecule has 2 rings (SSSR count). The van der Waals surface area contributed by atoms with Crippen molar-refractivity contribution in [1.82, 2.24) is 19.9 Å². The Labute approximate surface area is 145 Å². The first-order chi connectivity index (χ1) is 11.4. The lowest BCUT2D eigenvalue weighted by Crippen LogP contribution is -2.12. The molecule has 11 heteroatoms. The van der Waals surface area contributed by atoms with Gasteiger partial charge >= 0.3 is 5.97 Å². The molecule has 0 bridgehead atoms. The van der Waals surface area contributed by atoms with Crippen LogP contribution in [0.25, 0.3) is 5.76 Å². The Kier molecular flexibility index (Phi) is 5.83. The van der Waals surface area contributed by atoms with Crippen LogP contribution in [0.15, 0.2) is 29.4 Å². The summed E-state index contributed by atoms with van der Waals surface area (Å²) in [7, 11) is 0. The lowest BCUT2D eigenvalue weighted by atomic mass is 10.1. The van der Waals surface area contributed by atoms with E-state index in [1.165, 1.54) is 17.3 Å². The van der Waals surface area contributed by atoms with E-state index in [1.54, 1.807) is 6.92 Å². The summed E-state index contributed by atoms with van der Waals surface area (Å²) in [5.74, 6) is -2.47. The molecule has 0 spiro atoms. The van der Waals surface area contributed by atoms with E-state index in [2.05, 4.69) is 20.3 Å². The first kappa shape index (κ1) is 17.8. The highest BCUT2D eigenvalue weighted by Gasteiger charge is 2.20. The van der Waals surface area contributed by atoms with Gasteiger partial charge in [0.2, 0.25) is 0 Å². The van der Waals surface area contributed by atoms with E-state index in [-0.39, 0.29) is 22.9 Å². The highest BCUT2D eigenvalue weighted by molar-refractivity contribution is 6.34. The fraction of sp³-hybridized carbons (Fsp3) is 0.154. The van der Waals surface area contributed by atoms with Crippen LogP contribution in [0.5, 0.6) is 0 Å². The maximum atomic E-state index is 13.6. The molecule has 2 aromatic heterocycles. The number of pyridine rings is 1. The van der Waals surface area contributed by atoms with Crippen molar-refractivity contribution < 1.29 is 19.0 Å². The highest BCUT2D eigenvalue weighted by Crippen LogP contribution is 2.27. The van der Waals surface area contributed by atoms with Crippen molar-refractivity contribution in [3.8, 4) is 0 Å². The van der Waals surface area contributed by atoms with Gasteiger partial charge < -0.3 is 9.84 Å². The Hall–Kier alpha value is -2.52. The zero-order valence-electron chi connectivity index (χ0n) is 12.2. The molecule has 2 aromatic rings. The number of carbonyl (C=O) groups is 1. The minimum absolute atomic E-state index is 0.0526. The molecule has 24 heavy (non-hydrogen) atoms. The predicted octanol–water partition coefficient (Wildman–Crippen LogP) is 2.49. The molecule has 0 fully saturated rings. The number of aromatic nitrogens is 4. The van der Waals surface area contributed by atoms with E-state index in [0.717, 1.165) is 12.3 Å². The Morgan fingerprint density at radius 2 is 2.08 bits per heavy atom. The average molecular weight is 374 g/mol. The third-order valence-corrected chi connectivity index (χ3v) is 3.17. The SMILES string of the molecule is CCOC(=O)C(C=Nn1cnnc1)=C(O)c1cc(F)c(Cl)nc1Cl. The summed E-state index contributed by atoms with van der Waals surface area (Å²) in [6.45, 7) is 1.64. The normalized spacial score (nSPS) is 12.3. The second kappa shape index (κ2) is 7.84. The quantitative estimate of drug-likeness (QED) is 0.284. The third-order valence-electron chi connectivity index (χ3n) is 2.62. The van der Waals surface area contributed by atoms with Crippen LogP contribution in [-0.2, 0) is 9.53 Å². The van der Waals surface area contributed by atoms with E-state index in [1.807, 2.05) is 0 Å². The fourth-order valence-corrected chi connectivity index (χ4v) is 1.97. The first-order valence-corrected chi connectivity index (χ1v) is 7.20. The van der Waals surface area contributed by atoms with Crippen LogP contribution in [0.1, 0.15) is 12.5 Å². The number of nitrogens with zero attached hydrogens (tertiary/aromatic N) is 5. The lowest BCUT2D eigenvalue weighted by molar-refractivity contribution is -0.137. The molecule has 0 unspecified atom stereocenters. The summed E-state index contributed by atoms with van der Waals surface area (Å²) in [5.41, 5.74) is -0.604. The van der Waals surface area contributed by atoms with Gasteiger partial charge in [-0.05, 0) is 13.0 Å². The van der Waals surface area contributed by atoms with E-state index in [9.17, 15) is 14.3 Å². The van der Waals surface area contributed by atoms with Gasteiger partial charge in [0, 0.05) is 0 Å². The summed E-state index contributed by atoms with van der Waals surface area (Å²) in [6.07, 6.45) is 3.51. The Bertz CT molecular complexity index is 808. The predicted molar refractivity (Wildman–Crippen MR) is 84.3 cm³/mol. The van der Waals surface area contributed by atoms with Crippen LogP contribution in [0.2, 0.25) is 10.3 Å². The van der Waals surface area contributed by atoms with Crippen molar-refractivity contribution >= 4 is 41.1 Å². The van der Waals surface area contributed by atoms with Gasteiger partial charge in [0.05, 0.1) is 18.4 Å². The molecule has 0 saturated carbocycles. The van der Waals surface area contributed by atoms with Gasteiger partial charge in [-0.25, -0.2) is 18.8 Å². The molecule has 1 N–H and O–H groups in total. The summed E-state index contributed by atoms with van der Waals surface area (Å²) in [4.78, 5) is 15.6. The largest absolute Gasteiger partial charge is 0.506 e. The number of rotatable bonds is 5. The summed E-state index contributed by atoms with van der Waals surface area (Å²) in [5, 5.41) is 20.5. The maximum Gasteiger partial charge on any atom is 0.343 e. The van der Waals surface area contributed by atoms with Gasteiger partial charge in [-0.2, -0.15) is 5.10 Å². The number of esters is 1. The first-order valence-electron chi connectivity index (χ1n) is 6.45.